The average Bonchev–Trinajstić information content (AvgIpc) is 2.41. The van der Waals surface area contributed by atoms with Crippen molar-refractivity contribution in [1.82, 2.24) is 0 Å². The van der Waals surface area contributed by atoms with Gasteiger partial charge in [0, 0.05) is 4.47 Å². The Balaban J connectivity index is 2.20. The summed E-state index contributed by atoms with van der Waals surface area (Å²) in [6, 6.07) is 5.55. The van der Waals surface area contributed by atoms with Crippen molar-refractivity contribution in [2.45, 2.75) is 38.2 Å². The fraction of sp³-hybridized carbons (Fsp3) is 0.462. The number of halogens is 1. The van der Waals surface area contributed by atoms with E-state index in [-0.39, 0.29) is 11.9 Å². The minimum absolute atomic E-state index is 0.0714. The van der Waals surface area contributed by atoms with Gasteiger partial charge >= 0.3 is 0 Å². The third-order valence-corrected chi connectivity index (χ3v) is 3.66. The minimum atomic E-state index is 0.0714. The third kappa shape index (κ3) is 3.16. The van der Waals surface area contributed by atoms with Gasteiger partial charge in [-0.3, -0.25) is 0 Å². The maximum absolute atomic E-state index is 8.80. The summed E-state index contributed by atoms with van der Waals surface area (Å²) in [5, 5.41) is 11.8. The maximum atomic E-state index is 8.80. The van der Waals surface area contributed by atoms with Crippen LogP contribution in [0.1, 0.15) is 37.7 Å². The molecule has 1 aliphatic carbocycles. The van der Waals surface area contributed by atoms with E-state index in [1.165, 1.54) is 19.3 Å². The molecule has 1 saturated carbocycles. The number of oxime groups is 1. The van der Waals surface area contributed by atoms with Gasteiger partial charge in [-0.15, -0.1) is 0 Å². The highest BCUT2D eigenvalue weighted by Crippen LogP contribution is 2.28. The summed E-state index contributed by atoms with van der Waals surface area (Å²) in [6.07, 6.45) is 6.09. The Kier molecular flexibility index (Phi) is 4.47. The van der Waals surface area contributed by atoms with Crippen molar-refractivity contribution in [1.29, 1.82) is 0 Å². The predicted octanol–water partition coefficient (Wildman–Crippen LogP) is 3.26. The molecule has 3 N–H and O–H groups in total. The molecule has 0 radical (unpaired) electrons. The molecule has 0 bridgehead atoms. The topological polar surface area (TPSA) is 67.8 Å². The Morgan fingerprint density at radius 2 is 2.06 bits per heavy atom. The maximum Gasteiger partial charge on any atom is 0.173 e. The quantitative estimate of drug-likeness (QED) is 0.389. The summed E-state index contributed by atoms with van der Waals surface area (Å²) in [4.78, 5) is 0. The van der Waals surface area contributed by atoms with Gasteiger partial charge in [0.15, 0.2) is 5.84 Å². The molecule has 2 rings (SSSR count). The highest BCUT2D eigenvalue weighted by molar-refractivity contribution is 9.10. The van der Waals surface area contributed by atoms with Crippen LogP contribution in [0, 0.1) is 0 Å². The molecule has 0 spiro atoms. The van der Waals surface area contributed by atoms with Gasteiger partial charge in [0.2, 0.25) is 0 Å². The highest BCUT2D eigenvalue weighted by Gasteiger charge is 2.17. The Labute approximate surface area is 115 Å². The second-order valence-corrected chi connectivity index (χ2v) is 5.42. The van der Waals surface area contributed by atoms with Gasteiger partial charge in [0.05, 0.1) is 11.7 Å². The summed E-state index contributed by atoms with van der Waals surface area (Å²) in [5.41, 5.74) is 6.29. The molecule has 0 amide bonds. The number of hydrogen-bond donors (Lipinski definition) is 2. The predicted molar refractivity (Wildman–Crippen MR) is 74.2 cm³/mol. The molecule has 0 aromatic heterocycles. The Hall–Kier alpha value is -1.23. The fourth-order valence-electron chi connectivity index (χ4n) is 2.22. The SMILES string of the molecule is N/C(=N/O)c1cc(Br)ccc1OC1CCCCC1. The molecular formula is C13H17BrN2O2. The fourth-order valence-corrected chi connectivity index (χ4v) is 2.58. The zero-order valence-corrected chi connectivity index (χ0v) is 11.7. The van der Waals surface area contributed by atoms with Crippen molar-refractivity contribution in [2.75, 3.05) is 0 Å². The van der Waals surface area contributed by atoms with E-state index < -0.39 is 0 Å². The van der Waals surface area contributed by atoms with E-state index in [1.807, 2.05) is 12.1 Å². The van der Waals surface area contributed by atoms with Crippen LogP contribution in [0.4, 0.5) is 0 Å². The first-order valence-corrected chi connectivity index (χ1v) is 6.94. The van der Waals surface area contributed by atoms with Gasteiger partial charge in [-0.05, 0) is 43.9 Å². The summed E-state index contributed by atoms with van der Waals surface area (Å²) in [6.45, 7) is 0. The molecule has 0 aliphatic heterocycles. The molecule has 4 nitrogen and oxygen atoms in total. The smallest absolute Gasteiger partial charge is 0.173 e. The molecule has 1 fully saturated rings. The van der Waals surface area contributed by atoms with E-state index in [0.717, 1.165) is 17.3 Å². The number of ether oxygens (including phenoxy) is 1. The number of amidine groups is 1. The summed E-state index contributed by atoms with van der Waals surface area (Å²) in [5.74, 6) is 0.752. The Morgan fingerprint density at radius 3 is 2.72 bits per heavy atom. The van der Waals surface area contributed by atoms with Crippen molar-refractivity contribution in [3.8, 4) is 5.75 Å². The summed E-state index contributed by atoms with van der Waals surface area (Å²) < 4.78 is 6.85. The number of hydrogen-bond acceptors (Lipinski definition) is 3. The molecule has 1 aromatic rings. The molecule has 18 heavy (non-hydrogen) atoms. The van der Waals surface area contributed by atoms with Crippen LogP contribution in [0.2, 0.25) is 0 Å². The molecule has 5 heteroatoms. The molecule has 1 aliphatic rings. The minimum Gasteiger partial charge on any atom is -0.490 e. The van der Waals surface area contributed by atoms with Gasteiger partial charge in [-0.1, -0.05) is 27.5 Å². The summed E-state index contributed by atoms with van der Waals surface area (Å²) >= 11 is 3.37. The van der Waals surface area contributed by atoms with E-state index in [0.29, 0.717) is 11.3 Å². The molecule has 0 saturated heterocycles. The first kappa shape index (κ1) is 13.2. The molecule has 1 aromatic carbocycles. The van der Waals surface area contributed by atoms with Crippen molar-refractivity contribution in [2.24, 2.45) is 10.9 Å². The molecule has 98 valence electrons. The average molecular weight is 313 g/mol. The van der Waals surface area contributed by atoms with Gasteiger partial charge in [0.1, 0.15) is 5.75 Å². The molecular weight excluding hydrogens is 296 g/mol. The summed E-state index contributed by atoms with van der Waals surface area (Å²) in [7, 11) is 0. The van der Waals surface area contributed by atoms with Crippen LogP contribution >= 0.6 is 15.9 Å². The first-order valence-electron chi connectivity index (χ1n) is 6.15. The number of rotatable bonds is 3. The largest absolute Gasteiger partial charge is 0.490 e. The molecule has 0 heterocycles. The number of nitrogens with two attached hydrogens (primary N) is 1. The van der Waals surface area contributed by atoms with Crippen molar-refractivity contribution in [3.05, 3.63) is 28.2 Å². The van der Waals surface area contributed by atoms with E-state index >= 15 is 0 Å². The highest BCUT2D eigenvalue weighted by atomic mass is 79.9. The van der Waals surface area contributed by atoms with Crippen LogP contribution in [0.25, 0.3) is 0 Å². The van der Waals surface area contributed by atoms with Crippen LogP contribution in [-0.4, -0.2) is 17.1 Å². The van der Waals surface area contributed by atoms with Crippen LogP contribution in [0.3, 0.4) is 0 Å². The zero-order valence-electron chi connectivity index (χ0n) is 10.1. The van der Waals surface area contributed by atoms with Gasteiger partial charge in [0.25, 0.3) is 0 Å². The van der Waals surface area contributed by atoms with E-state index in [4.69, 9.17) is 15.7 Å². The lowest BCUT2D eigenvalue weighted by molar-refractivity contribution is 0.154. The van der Waals surface area contributed by atoms with Crippen LogP contribution in [-0.2, 0) is 0 Å². The zero-order chi connectivity index (χ0) is 13.0. The van der Waals surface area contributed by atoms with Crippen LogP contribution < -0.4 is 10.5 Å². The number of nitrogens with zero attached hydrogens (tertiary/aromatic N) is 1. The lowest BCUT2D eigenvalue weighted by atomic mass is 9.97. The van der Waals surface area contributed by atoms with Crippen LogP contribution in [0.5, 0.6) is 5.75 Å². The van der Waals surface area contributed by atoms with Gasteiger partial charge in [-0.25, -0.2) is 0 Å². The monoisotopic (exact) mass is 312 g/mol. The third-order valence-electron chi connectivity index (χ3n) is 3.17. The van der Waals surface area contributed by atoms with Crippen molar-refractivity contribution in [3.63, 3.8) is 0 Å². The van der Waals surface area contributed by atoms with E-state index in [1.54, 1.807) is 6.07 Å². The lowest BCUT2D eigenvalue weighted by Gasteiger charge is -2.24. The standard InChI is InChI=1S/C13H17BrN2O2/c14-9-6-7-12(11(8-9)13(15)16-17)18-10-4-2-1-3-5-10/h6-8,10,17H,1-5H2,(H2,15,16). The van der Waals surface area contributed by atoms with Crippen LogP contribution in [0.15, 0.2) is 27.8 Å². The second-order valence-electron chi connectivity index (χ2n) is 4.50. The number of benzene rings is 1. The van der Waals surface area contributed by atoms with Gasteiger partial charge < -0.3 is 15.7 Å². The van der Waals surface area contributed by atoms with E-state index in [9.17, 15) is 0 Å². The molecule has 0 atom stereocenters. The Morgan fingerprint density at radius 1 is 1.33 bits per heavy atom. The lowest BCUT2D eigenvalue weighted by Crippen LogP contribution is -2.22. The Bertz CT molecular complexity index is 443. The second kappa shape index (κ2) is 6.09. The normalized spacial score (nSPS) is 17.7. The molecule has 0 unspecified atom stereocenters. The van der Waals surface area contributed by atoms with Crippen molar-refractivity contribution < 1.29 is 9.94 Å². The van der Waals surface area contributed by atoms with Crippen molar-refractivity contribution >= 4 is 21.8 Å². The first-order chi connectivity index (χ1) is 8.70. The van der Waals surface area contributed by atoms with Gasteiger partial charge in [-0.2, -0.15) is 0 Å². The van der Waals surface area contributed by atoms with E-state index in [2.05, 4.69) is 21.1 Å².